The van der Waals surface area contributed by atoms with E-state index in [1.54, 1.807) is 13.8 Å². The number of ether oxygens (including phenoxy) is 2. The summed E-state index contributed by atoms with van der Waals surface area (Å²) in [5, 5.41) is 2.96. The Morgan fingerprint density at radius 1 is 1.05 bits per heavy atom. The third-order valence-electron chi connectivity index (χ3n) is 8.04. The molecule has 8 nitrogen and oxygen atoms in total. The van der Waals surface area contributed by atoms with Crippen molar-refractivity contribution in [1.82, 2.24) is 15.1 Å². The van der Waals surface area contributed by atoms with Gasteiger partial charge in [-0.1, -0.05) is 48.9 Å². The zero-order valence-electron chi connectivity index (χ0n) is 24.6. The molecule has 1 saturated heterocycles. The van der Waals surface area contributed by atoms with Gasteiger partial charge in [0.15, 0.2) is 0 Å². The second-order valence-corrected chi connectivity index (χ2v) is 10.9. The van der Waals surface area contributed by atoms with Gasteiger partial charge in [0.25, 0.3) is 0 Å². The largest absolute Gasteiger partial charge is 0.489 e. The zero-order chi connectivity index (χ0) is 29.2. The molecule has 2 aromatic rings. The number of amides is 2. The lowest BCUT2D eigenvalue weighted by Gasteiger charge is -2.34. The number of carbonyl (C=O) groups excluding carboxylic acids is 3. The summed E-state index contributed by atoms with van der Waals surface area (Å²) in [7, 11) is 0. The third-order valence-corrected chi connectivity index (χ3v) is 8.04. The van der Waals surface area contributed by atoms with Crippen molar-refractivity contribution in [2.75, 3.05) is 32.8 Å². The van der Waals surface area contributed by atoms with E-state index in [-0.39, 0.29) is 31.4 Å². The van der Waals surface area contributed by atoms with Crippen molar-refractivity contribution in [3.8, 4) is 5.75 Å². The molecular formula is C33H43N3O5. The Morgan fingerprint density at radius 3 is 2.51 bits per heavy atom. The molecule has 0 aromatic heterocycles. The molecule has 2 aliphatic rings. The number of likely N-dealkylation sites (tertiary alicyclic amines) is 1. The van der Waals surface area contributed by atoms with E-state index in [9.17, 15) is 14.4 Å². The summed E-state index contributed by atoms with van der Waals surface area (Å²) >= 11 is 0. The van der Waals surface area contributed by atoms with Crippen LogP contribution in [0.3, 0.4) is 0 Å². The molecule has 0 spiro atoms. The highest BCUT2D eigenvalue weighted by Gasteiger charge is 2.37. The number of nitrogens with zero attached hydrogens (tertiary/aromatic N) is 2. The minimum Gasteiger partial charge on any atom is -0.489 e. The number of hydrogen-bond donors (Lipinski definition) is 1. The molecule has 2 aromatic carbocycles. The summed E-state index contributed by atoms with van der Waals surface area (Å²) in [6.07, 6.45) is 4.69. The highest BCUT2D eigenvalue weighted by atomic mass is 16.5. The number of piperidine rings is 1. The van der Waals surface area contributed by atoms with Gasteiger partial charge < -0.3 is 24.6 Å². The molecule has 4 rings (SSSR count). The van der Waals surface area contributed by atoms with E-state index >= 15 is 0 Å². The molecule has 220 valence electrons. The first-order chi connectivity index (χ1) is 19.9. The van der Waals surface area contributed by atoms with Crippen LogP contribution in [0.1, 0.15) is 69.9 Å². The van der Waals surface area contributed by atoms with Crippen molar-refractivity contribution < 1.29 is 23.9 Å². The Balaban J connectivity index is 1.40. The molecule has 0 aliphatic carbocycles. The van der Waals surface area contributed by atoms with Crippen LogP contribution in [0, 0.1) is 0 Å². The van der Waals surface area contributed by atoms with Crippen LogP contribution in [-0.4, -0.2) is 66.4 Å². The molecule has 41 heavy (non-hydrogen) atoms. The molecular weight excluding hydrogens is 518 g/mol. The van der Waals surface area contributed by atoms with E-state index in [4.69, 9.17) is 9.47 Å². The minimum absolute atomic E-state index is 0.0792. The average Bonchev–Trinajstić information content (AvgIpc) is 2.98. The first kappa shape index (κ1) is 30.3. The summed E-state index contributed by atoms with van der Waals surface area (Å²) in [5.74, 6) is -0.650. The van der Waals surface area contributed by atoms with Crippen molar-refractivity contribution in [2.24, 2.45) is 0 Å². The van der Waals surface area contributed by atoms with Gasteiger partial charge in [-0.05, 0) is 69.8 Å². The Hall–Kier alpha value is -3.65. The highest BCUT2D eigenvalue weighted by Crippen LogP contribution is 2.37. The summed E-state index contributed by atoms with van der Waals surface area (Å²) in [6.45, 7) is 8.91. The predicted molar refractivity (Wildman–Crippen MR) is 158 cm³/mol. The zero-order valence-corrected chi connectivity index (χ0v) is 24.6. The lowest BCUT2D eigenvalue weighted by Crippen LogP contribution is -2.44. The fraction of sp³-hybridized carbons (Fsp3) is 0.485. The van der Waals surface area contributed by atoms with E-state index in [1.807, 2.05) is 54.6 Å². The van der Waals surface area contributed by atoms with Gasteiger partial charge in [0.05, 0.1) is 12.2 Å². The molecule has 1 fully saturated rings. The smallest absolute Gasteiger partial charge is 0.336 e. The van der Waals surface area contributed by atoms with Crippen LogP contribution in [0.5, 0.6) is 5.75 Å². The fourth-order valence-electron chi connectivity index (χ4n) is 5.70. The van der Waals surface area contributed by atoms with Crippen LogP contribution < -0.4 is 10.1 Å². The number of allylic oxidation sites excluding steroid dienone is 1. The minimum atomic E-state index is -0.465. The van der Waals surface area contributed by atoms with Gasteiger partial charge in [-0.15, -0.1) is 0 Å². The maximum Gasteiger partial charge on any atom is 0.336 e. The van der Waals surface area contributed by atoms with Crippen molar-refractivity contribution >= 4 is 17.8 Å². The first-order valence-electron chi connectivity index (χ1n) is 14.8. The van der Waals surface area contributed by atoms with Crippen LogP contribution in [0.4, 0.5) is 0 Å². The Bertz CT molecular complexity index is 1210. The van der Waals surface area contributed by atoms with Crippen molar-refractivity contribution in [2.45, 2.75) is 71.4 Å². The Morgan fingerprint density at radius 2 is 1.80 bits per heavy atom. The molecule has 0 unspecified atom stereocenters. The van der Waals surface area contributed by atoms with Crippen LogP contribution in [0.15, 0.2) is 65.9 Å². The second-order valence-electron chi connectivity index (χ2n) is 10.9. The van der Waals surface area contributed by atoms with Crippen LogP contribution >= 0.6 is 0 Å². The quantitative estimate of drug-likeness (QED) is 0.296. The number of carbonyl (C=O) groups is 3. The number of hydrogen-bond acceptors (Lipinski definition) is 6. The van der Waals surface area contributed by atoms with Gasteiger partial charge >= 0.3 is 5.97 Å². The normalized spacial score (nSPS) is 19.7. The molecule has 2 amide bonds. The van der Waals surface area contributed by atoms with E-state index in [0.29, 0.717) is 36.2 Å². The SMILES string of the molecule is CCOC(=O)C1=C(C)N(CC(=O)NCCCN2CCCC[C@H]2C)C(=O)C[C@H]1c1ccc(OCc2ccccc2)cc1. The van der Waals surface area contributed by atoms with Gasteiger partial charge in [0.2, 0.25) is 11.8 Å². The monoisotopic (exact) mass is 561 g/mol. The van der Waals surface area contributed by atoms with Gasteiger partial charge in [-0.2, -0.15) is 0 Å². The van der Waals surface area contributed by atoms with Gasteiger partial charge in [0.1, 0.15) is 18.9 Å². The highest BCUT2D eigenvalue weighted by molar-refractivity contribution is 5.97. The Kier molecular flexibility index (Phi) is 11.0. The molecule has 1 N–H and O–H groups in total. The van der Waals surface area contributed by atoms with Crippen LogP contribution in [0.2, 0.25) is 0 Å². The number of rotatable bonds is 12. The lowest BCUT2D eigenvalue weighted by molar-refractivity contribution is -0.141. The van der Waals surface area contributed by atoms with Gasteiger partial charge in [-0.3, -0.25) is 9.59 Å². The molecule has 0 saturated carbocycles. The standard InChI is InChI=1S/C33H43N3O5/c1-4-40-33(39)32-25(3)36(22-30(37)34-18-10-20-35-19-9-8-11-24(35)2)31(38)21-29(32)27-14-16-28(17-15-27)41-23-26-12-6-5-7-13-26/h5-7,12-17,24,29H,4,8-11,18-23H2,1-3H3,(H,34,37)/t24-,29+/m1/s1. The molecule has 2 atom stereocenters. The van der Waals surface area contributed by atoms with Crippen molar-refractivity contribution in [1.29, 1.82) is 0 Å². The summed E-state index contributed by atoms with van der Waals surface area (Å²) in [6, 6.07) is 18.0. The third kappa shape index (κ3) is 8.19. The average molecular weight is 562 g/mol. The van der Waals surface area contributed by atoms with Crippen molar-refractivity contribution in [3.63, 3.8) is 0 Å². The summed E-state index contributed by atoms with van der Waals surface area (Å²) in [5.41, 5.74) is 2.77. The molecule has 0 bridgehead atoms. The van der Waals surface area contributed by atoms with Gasteiger partial charge in [0, 0.05) is 37.2 Å². The molecule has 8 heteroatoms. The van der Waals surface area contributed by atoms with E-state index in [2.05, 4.69) is 17.1 Å². The van der Waals surface area contributed by atoms with Crippen LogP contribution in [-0.2, 0) is 25.7 Å². The maximum absolute atomic E-state index is 13.3. The van der Waals surface area contributed by atoms with Gasteiger partial charge in [-0.25, -0.2) is 4.79 Å². The maximum atomic E-state index is 13.3. The Labute approximate surface area is 243 Å². The molecule has 2 aliphatic heterocycles. The number of nitrogens with one attached hydrogen (secondary N) is 1. The van der Waals surface area contributed by atoms with E-state index in [1.165, 1.54) is 24.2 Å². The molecule has 2 heterocycles. The first-order valence-corrected chi connectivity index (χ1v) is 14.8. The number of esters is 1. The van der Waals surface area contributed by atoms with E-state index < -0.39 is 11.9 Å². The van der Waals surface area contributed by atoms with E-state index in [0.717, 1.165) is 30.6 Å². The molecule has 0 radical (unpaired) electrons. The summed E-state index contributed by atoms with van der Waals surface area (Å²) < 4.78 is 11.3. The topological polar surface area (TPSA) is 88.2 Å². The summed E-state index contributed by atoms with van der Waals surface area (Å²) in [4.78, 5) is 43.1. The van der Waals surface area contributed by atoms with Crippen LogP contribution in [0.25, 0.3) is 0 Å². The predicted octanol–water partition coefficient (Wildman–Crippen LogP) is 4.80. The van der Waals surface area contributed by atoms with Crippen molar-refractivity contribution in [3.05, 3.63) is 77.0 Å². The number of benzene rings is 2. The second kappa shape index (κ2) is 14.8. The lowest BCUT2D eigenvalue weighted by atomic mass is 9.83. The fourth-order valence-corrected chi connectivity index (χ4v) is 5.70.